The first kappa shape index (κ1) is 32.4. The normalized spacial score (nSPS) is 18.9. The van der Waals surface area contributed by atoms with E-state index in [0.29, 0.717) is 96.5 Å². The van der Waals surface area contributed by atoms with Crippen molar-refractivity contribution < 1.29 is 57.3 Å². The van der Waals surface area contributed by atoms with E-state index < -0.39 is 5.97 Å². The average molecular weight is 607 g/mol. The molecule has 0 aliphatic carbocycles. The van der Waals surface area contributed by atoms with E-state index in [1.165, 1.54) is 6.07 Å². The summed E-state index contributed by atoms with van der Waals surface area (Å²) < 4.78 is 56.2. The van der Waals surface area contributed by atoms with Crippen molar-refractivity contribution in [3.8, 4) is 23.0 Å². The molecule has 0 aromatic heterocycles. The maximum atomic E-state index is 12.2. The van der Waals surface area contributed by atoms with E-state index >= 15 is 0 Å². The van der Waals surface area contributed by atoms with Crippen molar-refractivity contribution in [3.63, 3.8) is 0 Å². The number of hydrogen-bond acceptors (Lipinski definition) is 13. The summed E-state index contributed by atoms with van der Waals surface area (Å²) in [6.45, 7) is 5.70. The molecule has 2 aliphatic rings. The molecule has 0 unspecified atom stereocenters. The first-order valence-corrected chi connectivity index (χ1v) is 14.2. The third-order valence-corrected chi connectivity index (χ3v) is 5.90. The summed E-state index contributed by atoms with van der Waals surface area (Å²) in [4.78, 5) is 12.2. The van der Waals surface area contributed by atoms with Gasteiger partial charge >= 0.3 is 5.97 Å². The molecule has 4 rings (SSSR count). The first-order valence-electron chi connectivity index (χ1n) is 14.2. The molecule has 0 atom stereocenters. The number of hydrogen-bond donors (Lipinski definition) is 1. The molecular weight excluding hydrogens is 568 g/mol. The van der Waals surface area contributed by atoms with Crippen LogP contribution in [0.15, 0.2) is 40.6 Å². The van der Waals surface area contributed by atoms with Gasteiger partial charge in [-0.25, -0.2) is 4.79 Å². The Morgan fingerprint density at radius 2 is 0.907 bits per heavy atom. The van der Waals surface area contributed by atoms with Crippen molar-refractivity contribution in [1.29, 1.82) is 0 Å². The summed E-state index contributed by atoms with van der Waals surface area (Å²) in [6.07, 6.45) is 0. The molecule has 0 radical (unpaired) electrons. The van der Waals surface area contributed by atoms with Gasteiger partial charge < -0.3 is 52.5 Å². The van der Waals surface area contributed by atoms with Crippen LogP contribution in [0.3, 0.4) is 0 Å². The third-order valence-electron chi connectivity index (χ3n) is 5.90. The predicted molar refractivity (Wildman–Crippen MR) is 151 cm³/mol. The number of azo groups is 1. The van der Waals surface area contributed by atoms with Crippen molar-refractivity contribution in [2.75, 3.05) is 106 Å². The molecule has 0 bridgehead atoms. The number of ether oxygens (including phenoxy) is 10. The summed E-state index contributed by atoms with van der Waals surface area (Å²) in [7, 11) is 0. The van der Waals surface area contributed by atoms with Crippen LogP contribution in [0, 0.1) is 0 Å². The largest absolute Gasteiger partial charge is 0.487 e. The van der Waals surface area contributed by atoms with Crippen molar-refractivity contribution in [2.24, 2.45) is 10.2 Å². The second kappa shape index (κ2) is 18.9. The van der Waals surface area contributed by atoms with Crippen LogP contribution in [0.25, 0.3) is 0 Å². The number of rotatable bonds is 3. The number of benzene rings is 2. The Hall–Kier alpha value is -3.53. The number of fused-ring (bicyclic) bond motifs is 2. The van der Waals surface area contributed by atoms with E-state index in [2.05, 4.69) is 10.2 Å². The fourth-order valence-corrected chi connectivity index (χ4v) is 3.88. The maximum absolute atomic E-state index is 12.2. The van der Waals surface area contributed by atoms with E-state index in [1.807, 2.05) is 0 Å². The lowest BCUT2D eigenvalue weighted by Gasteiger charge is -2.16. The van der Waals surface area contributed by atoms with Crippen LogP contribution in [0.2, 0.25) is 0 Å². The molecule has 14 nitrogen and oxygen atoms in total. The van der Waals surface area contributed by atoms with Gasteiger partial charge in [0.1, 0.15) is 32.0 Å². The summed E-state index contributed by atoms with van der Waals surface area (Å²) in [5, 5.41) is 18.5. The molecular formula is C29H38N2O12. The van der Waals surface area contributed by atoms with Gasteiger partial charge in [-0.1, -0.05) is 0 Å². The Morgan fingerprint density at radius 1 is 0.488 bits per heavy atom. The molecule has 43 heavy (non-hydrogen) atoms. The number of carbonyl (C=O) groups is 1. The number of carboxylic acid groups (broad SMARTS) is 1. The number of carboxylic acids is 1. The highest BCUT2D eigenvalue weighted by atomic mass is 16.6. The molecule has 0 amide bonds. The molecule has 0 saturated heterocycles. The van der Waals surface area contributed by atoms with Crippen LogP contribution in [0.5, 0.6) is 23.0 Å². The van der Waals surface area contributed by atoms with Gasteiger partial charge in [-0.3, -0.25) is 0 Å². The first-order chi connectivity index (χ1) is 21.2. The highest BCUT2D eigenvalue weighted by Gasteiger charge is 2.20. The van der Waals surface area contributed by atoms with Gasteiger partial charge in [0.05, 0.1) is 90.7 Å². The smallest absolute Gasteiger partial charge is 0.339 e. The van der Waals surface area contributed by atoms with Crippen LogP contribution < -0.4 is 18.9 Å². The molecule has 2 aromatic rings. The second-order valence-corrected chi connectivity index (χ2v) is 9.02. The average Bonchev–Trinajstić information content (AvgIpc) is 3.02. The predicted octanol–water partition coefficient (Wildman–Crippen LogP) is 3.44. The Labute approximate surface area is 249 Å². The molecule has 2 heterocycles. The van der Waals surface area contributed by atoms with Gasteiger partial charge in [-0.15, -0.1) is 0 Å². The van der Waals surface area contributed by atoms with Gasteiger partial charge in [0, 0.05) is 12.1 Å². The van der Waals surface area contributed by atoms with Gasteiger partial charge in [0.15, 0.2) is 23.0 Å². The minimum Gasteiger partial charge on any atom is -0.487 e. The van der Waals surface area contributed by atoms with Crippen LogP contribution >= 0.6 is 0 Å². The topological polar surface area (TPSA) is 154 Å². The Kier molecular flexibility index (Phi) is 14.2. The number of nitrogens with zero attached hydrogens (tertiary/aromatic N) is 2. The van der Waals surface area contributed by atoms with E-state index in [4.69, 9.17) is 47.4 Å². The minimum absolute atomic E-state index is 0.0754. The fourth-order valence-electron chi connectivity index (χ4n) is 3.88. The SMILES string of the molecule is O=C(O)c1cc(N=Nc2ccc3c(c2)OCCOCCOCCOCCO3)cc2c1OCCOCCOCCOCCO2. The molecule has 0 fully saturated rings. The molecule has 14 heteroatoms. The van der Waals surface area contributed by atoms with Crippen LogP contribution in [0.1, 0.15) is 10.4 Å². The molecule has 236 valence electrons. The minimum atomic E-state index is -1.20. The lowest BCUT2D eigenvalue weighted by Crippen LogP contribution is -2.13. The zero-order valence-corrected chi connectivity index (χ0v) is 24.0. The van der Waals surface area contributed by atoms with Gasteiger partial charge in [0.25, 0.3) is 0 Å². The highest BCUT2D eigenvalue weighted by molar-refractivity contribution is 5.93. The van der Waals surface area contributed by atoms with Crippen LogP contribution in [-0.4, -0.2) is 117 Å². The second-order valence-electron chi connectivity index (χ2n) is 9.02. The highest BCUT2D eigenvalue weighted by Crippen LogP contribution is 2.38. The van der Waals surface area contributed by atoms with E-state index in [1.54, 1.807) is 24.3 Å². The number of aromatic carboxylic acids is 1. The van der Waals surface area contributed by atoms with Crippen LogP contribution in [0.4, 0.5) is 11.4 Å². The van der Waals surface area contributed by atoms with Crippen molar-refractivity contribution in [2.45, 2.75) is 0 Å². The van der Waals surface area contributed by atoms with Crippen LogP contribution in [-0.2, 0) is 28.4 Å². The standard InChI is InChI=1S/C29H38N2O12/c32-29(33)24-19-23(21-27-28(24)43-18-14-39-10-6-35-5-9-38-13-17-42-27)31-30-22-1-2-25-26(20-22)41-16-12-37-8-4-34-3-7-36-11-15-40-25/h1-2,19-21H,3-18H2,(H,32,33). The van der Waals surface area contributed by atoms with E-state index in [-0.39, 0.29) is 49.2 Å². The Balaban J connectivity index is 1.52. The molecule has 0 saturated carbocycles. The molecule has 2 aliphatic heterocycles. The van der Waals surface area contributed by atoms with Crippen molar-refractivity contribution in [1.82, 2.24) is 0 Å². The lowest BCUT2D eigenvalue weighted by molar-refractivity contribution is 0.00705. The molecule has 0 spiro atoms. The van der Waals surface area contributed by atoms with E-state index in [0.717, 1.165) is 0 Å². The summed E-state index contributed by atoms with van der Waals surface area (Å²) in [6, 6.07) is 8.06. The maximum Gasteiger partial charge on any atom is 0.339 e. The summed E-state index contributed by atoms with van der Waals surface area (Å²) in [5.74, 6) is 0.0546. The van der Waals surface area contributed by atoms with Gasteiger partial charge in [-0.2, -0.15) is 10.2 Å². The zero-order chi connectivity index (χ0) is 30.0. The molecule has 1 N–H and O–H groups in total. The Bertz CT molecular complexity index is 1160. The zero-order valence-electron chi connectivity index (χ0n) is 24.0. The summed E-state index contributed by atoms with van der Waals surface area (Å²) >= 11 is 0. The third kappa shape index (κ3) is 11.6. The van der Waals surface area contributed by atoms with Gasteiger partial charge in [-0.05, 0) is 18.2 Å². The van der Waals surface area contributed by atoms with E-state index in [9.17, 15) is 9.90 Å². The van der Waals surface area contributed by atoms with Crippen molar-refractivity contribution in [3.05, 3.63) is 35.9 Å². The fraction of sp³-hybridized carbons (Fsp3) is 0.552. The lowest BCUT2D eigenvalue weighted by atomic mass is 10.1. The Morgan fingerprint density at radius 3 is 1.44 bits per heavy atom. The monoisotopic (exact) mass is 606 g/mol. The quantitative estimate of drug-likeness (QED) is 0.509. The molecule has 2 aromatic carbocycles. The van der Waals surface area contributed by atoms with Crippen molar-refractivity contribution >= 4 is 17.3 Å². The summed E-state index contributed by atoms with van der Waals surface area (Å²) in [5.41, 5.74) is 0.595. The van der Waals surface area contributed by atoms with Gasteiger partial charge in [0.2, 0.25) is 0 Å².